The predicted octanol–water partition coefficient (Wildman–Crippen LogP) is 2.73. The van der Waals surface area contributed by atoms with Gasteiger partial charge < -0.3 is 14.8 Å². The zero-order valence-electron chi connectivity index (χ0n) is 12.3. The molecule has 5 heteroatoms. The molecule has 0 fully saturated rings. The van der Waals surface area contributed by atoms with Crippen LogP contribution in [0.3, 0.4) is 0 Å². The second kappa shape index (κ2) is 5.99. The highest BCUT2D eigenvalue weighted by Gasteiger charge is 2.13. The fourth-order valence-electron chi connectivity index (χ4n) is 2.44. The second-order valence-electron chi connectivity index (χ2n) is 5.01. The van der Waals surface area contributed by atoms with Gasteiger partial charge in [-0.3, -0.25) is 0 Å². The van der Waals surface area contributed by atoms with Crippen molar-refractivity contribution < 1.29 is 9.47 Å². The van der Waals surface area contributed by atoms with Crippen LogP contribution in [0.15, 0.2) is 24.5 Å². The molecule has 3 rings (SSSR count). The molecule has 2 aromatic rings. The Morgan fingerprint density at radius 2 is 2.05 bits per heavy atom. The minimum Gasteiger partial charge on any atom is -0.454 e. The SMILES string of the molecule is CCc1ncnc(NCCc2ccc3c(c2)OCO3)c1C. The molecule has 21 heavy (non-hydrogen) atoms. The summed E-state index contributed by atoms with van der Waals surface area (Å²) in [5, 5.41) is 3.38. The number of nitrogens with one attached hydrogen (secondary N) is 1. The van der Waals surface area contributed by atoms with Crippen molar-refractivity contribution in [1.82, 2.24) is 9.97 Å². The smallest absolute Gasteiger partial charge is 0.231 e. The Kier molecular flexibility index (Phi) is 3.90. The highest BCUT2D eigenvalue weighted by Crippen LogP contribution is 2.32. The van der Waals surface area contributed by atoms with Crippen LogP contribution in [0.4, 0.5) is 5.82 Å². The van der Waals surface area contributed by atoms with Gasteiger partial charge in [-0.15, -0.1) is 0 Å². The van der Waals surface area contributed by atoms with Crippen molar-refractivity contribution in [2.45, 2.75) is 26.7 Å². The first-order valence-corrected chi connectivity index (χ1v) is 7.21. The summed E-state index contributed by atoms with van der Waals surface area (Å²) in [7, 11) is 0. The molecule has 0 radical (unpaired) electrons. The van der Waals surface area contributed by atoms with Crippen molar-refractivity contribution >= 4 is 5.82 Å². The van der Waals surface area contributed by atoms with Gasteiger partial charge in [0.15, 0.2) is 11.5 Å². The van der Waals surface area contributed by atoms with Crippen LogP contribution in [0.1, 0.15) is 23.7 Å². The van der Waals surface area contributed by atoms with Crippen molar-refractivity contribution in [2.75, 3.05) is 18.7 Å². The van der Waals surface area contributed by atoms with Gasteiger partial charge in [0, 0.05) is 17.8 Å². The first-order valence-electron chi connectivity index (χ1n) is 7.21. The molecule has 0 saturated carbocycles. The quantitative estimate of drug-likeness (QED) is 0.915. The molecule has 5 nitrogen and oxygen atoms in total. The predicted molar refractivity (Wildman–Crippen MR) is 80.9 cm³/mol. The number of anilines is 1. The van der Waals surface area contributed by atoms with Crippen LogP contribution >= 0.6 is 0 Å². The van der Waals surface area contributed by atoms with Gasteiger partial charge in [0.05, 0.1) is 0 Å². The molecule has 0 bridgehead atoms. The van der Waals surface area contributed by atoms with Crippen LogP contribution in [0.2, 0.25) is 0 Å². The summed E-state index contributed by atoms with van der Waals surface area (Å²) in [5.41, 5.74) is 3.44. The van der Waals surface area contributed by atoms with Crippen molar-refractivity contribution in [1.29, 1.82) is 0 Å². The maximum atomic E-state index is 5.39. The maximum absolute atomic E-state index is 5.39. The standard InChI is InChI=1S/C16H19N3O2/c1-3-13-11(2)16(19-9-18-13)17-7-6-12-4-5-14-15(8-12)21-10-20-14/h4-5,8-9H,3,6-7,10H2,1-2H3,(H,17,18,19). The Morgan fingerprint density at radius 1 is 1.19 bits per heavy atom. The minimum atomic E-state index is 0.316. The number of aryl methyl sites for hydroxylation is 1. The number of rotatable bonds is 5. The highest BCUT2D eigenvalue weighted by atomic mass is 16.7. The van der Waals surface area contributed by atoms with Gasteiger partial charge in [-0.1, -0.05) is 13.0 Å². The van der Waals surface area contributed by atoms with Gasteiger partial charge in [0.2, 0.25) is 6.79 Å². The first-order chi connectivity index (χ1) is 10.3. The van der Waals surface area contributed by atoms with E-state index in [4.69, 9.17) is 9.47 Å². The molecule has 0 aliphatic carbocycles. The molecular formula is C16H19N3O2. The lowest BCUT2D eigenvalue weighted by molar-refractivity contribution is 0.174. The summed E-state index contributed by atoms with van der Waals surface area (Å²) in [4.78, 5) is 8.59. The normalized spacial score (nSPS) is 12.5. The zero-order valence-corrected chi connectivity index (χ0v) is 12.3. The Morgan fingerprint density at radius 3 is 2.90 bits per heavy atom. The third-order valence-electron chi connectivity index (χ3n) is 3.67. The van der Waals surface area contributed by atoms with Crippen LogP contribution in [-0.4, -0.2) is 23.3 Å². The van der Waals surface area contributed by atoms with E-state index in [9.17, 15) is 0 Å². The molecular weight excluding hydrogens is 266 g/mol. The van der Waals surface area contributed by atoms with Crippen LogP contribution in [0, 0.1) is 6.92 Å². The lowest BCUT2D eigenvalue weighted by Gasteiger charge is -2.10. The second-order valence-corrected chi connectivity index (χ2v) is 5.01. The molecule has 0 atom stereocenters. The molecule has 0 unspecified atom stereocenters. The average Bonchev–Trinajstić information content (AvgIpc) is 2.96. The number of hydrogen-bond acceptors (Lipinski definition) is 5. The zero-order chi connectivity index (χ0) is 14.7. The molecule has 0 amide bonds. The van der Waals surface area contributed by atoms with Crippen LogP contribution in [0.5, 0.6) is 11.5 Å². The van der Waals surface area contributed by atoms with Gasteiger partial charge in [-0.2, -0.15) is 0 Å². The van der Waals surface area contributed by atoms with Gasteiger partial charge in [-0.25, -0.2) is 9.97 Å². The lowest BCUT2D eigenvalue weighted by atomic mass is 10.1. The Balaban J connectivity index is 1.61. The number of nitrogens with zero attached hydrogens (tertiary/aromatic N) is 2. The van der Waals surface area contributed by atoms with Crippen LogP contribution in [-0.2, 0) is 12.8 Å². The molecule has 0 saturated heterocycles. The summed E-state index contributed by atoms with van der Waals surface area (Å²) < 4.78 is 10.7. The van der Waals surface area contributed by atoms with Crippen molar-refractivity contribution in [2.24, 2.45) is 0 Å². The molecule has 1 aromatic heterocycles. The fourth-order valence-corrected chi connectivity index (χ4v) is 2.44. The largest absolute Gasteiger partial charge is 0.454 e. The molecule has 1 N–H and O–H groups in total. The van der Waals surface area contributed by atoms with Gasteiger partial charge in [0.25, 0.3) is 0 Å². The van der Waals surface area contributed by atoms with E-state index in [0.29, 0.717) is 6.79 Å². The Bertz CT molecular complexity index is 643. The van der Waals surface area contributed by atoms with E-state index in [1.165, 1.54) is 5.56 Å². The summed E-state index contributed by atoms with van der Waals surface area (Å²) in [6.45, 7) is 5.30. The fraction of sp³-hybridized carbons (Fsp3) is 0.375. The number of aromatic nitrogens is 2. The van der Waals surface area contributed by atoms with Crippen LogP contribution < -0.4 is 14.8 Å². The summed E-state index contributed by atoms with van der Waals surface area (Å²) in [6.07, 6.45) is 3.45. The third kappa shape index (κ3) is 2.91. The molecule has 0 spiro atoms. The number of hydrogen-bond donors (Lipinski definition) is 1. The first kappa shape index (κ1) is 13.7. The summed E-state index contributed by atoms with van der Waals surface area (Å²) in [5.74, 6) is 2.58. The highest BCUT2D eigenvalue weighted by molar-refractivity contribution is 5.46. The molecule has 1 aliphatic heterocycles. The van der Waals surface area contributed by atoms with E-state index in [1.54, 1.807) is 6.33 Å². The van der Waals surface area contributed by atoms with Crippen molar-refractivity contribution in [3.63, 3.8) is 0 Å². The maximum Gasteiger partial charge on any atom is 0.231 e. The Hall–Kier alpha value is -2.30. The number of ether oxygens (including phenoxy) is 2. The van der Waals surface area contributed by atoms with Gasteiger partial charge in [0.1, 0.15) is 12.1 Å². The van der Waals surface area contributed by atoms with E-state index in [2.05, 4.69) is 35.2 Å². The van der Waals surface area contributed by atoms with Gasteiger partial charge >= 0.3 is 0 Å². The lowest BCUT2D eigenvalue weighted by Crippen LogP contribution is -2.09. The number of benzene rings is 1. The van der Waals surface area contributed by atoms with E-state index >= 15 is 0 Å². The average molecular weight is 285 g/mol. The molecule has 1 aliphatic rings. The van der Waals surface area contributed by atoms with Crippen molar-refractivity contribution in [3.8, 4) is 11.5 Å². The topological polar surface area (TPSA) is 56.3 Å². The Labute approximate surface area is 124 Å². The van der Waals surface area contributed by atoms with E-state index in [-0.39, 0.29) is 0 Å². The third-order valence-corrected chi connectivity index (χ3v) is 3.67. The number of fused-ring (bicyclic) bond motifs is 1. The molecule has 110 valence electrons. The van der Waals surface area contributed by atoms with E-state index in [0.717, 1.165) is 48.0 Å². The van der Waals surface area contributed by atoms with E-state index in [1.807, 2.05) is 12.1 Å². The van der Waals surface area contributed by atoms with E-state index < -0.39 is 0 Å². The van der Waals surface area contributed by atoms with Gasteiger partial charge in [-0.05, 0) is 37.5 Å². The summed E-state index contributed by atoms with van der Waals surface area (Å²) >= 11 is 0. The minimum absolute atomic E-state index is 0.316. The van der Waals surface area contributed by atoms with Crippen LogP contribution in [0.25, 0.3) is 0 Å². The van der Waals surface area contributed by atoms with Crippen molar-refractivity contribution in [3.05, 3.63) is 41.3 Å². The summed E-state index contributed by atoms with van der Waals surface area (Å²) in [6, 6.07) is 6.07. The molecule has 2 heterocycles. The molecule has 1 aromatic carbocycles. The monoisotopic (exact) mass is 285 g/mol.